The fourth-order valence-electron chi connectivity index (χ4n) is 0.343. The Morgan fingerprint density at radius 1 is 1.67 bits per heavy atom. The fourth-order valence-corrected chi connectivity index (χ4v) is 0.343. The van der Waals surface area contributed by atoms with E-state index in [-0.39, 0.29) is 12.1 Å². The van der Waals surface area contributed by atoms with Gasteiger partial charge >= 0.3 is 0 Å². The highest BCUT2D eigenvalue weighted by molar-refractivity contribution is 6.64. The Balaban J connectivity index is 3.26. The van der Waals surface area contributed by atoms with Gasteiger partial charge in [-0.1, -0.05) is 0 Å². The molecule has 51 valence electrons. The summed E-state index contributed by atoms with van der Waals surface area (Å²) in [5, 5.41) is 2.81. The van der Waals surface area contributed by atoms with E-state index >= 15 is 0 Å². The van der Waals surface area contributed by atoms with Gasteiger partial charge in [-0.15, -0.1) is 0 Å². The molecule has 0 aliphatic rings. The summed E-state index contributed by atoms with van der Waals surface area (Å²) in [6.07, 6.45) is 0.707. The second-order valence-electron chi connectivity index (χ2n) is 2.12. The van der Waals surface area contributed by atoms with E-state index in [1.807, 2.05) is 13.8 Å². The summed E-state index contributed by atoms with van der Waals surface area (Å²) in [4.78, 5) is 9.77. The largest absolute Gasteiger partial charge is 0.350 e. The Morgan fingerprint density at radius 2 is 2.22 bits per heavy atom. The maximum absolute atomic E-state index is 9.77. The minimum Gasteiger partial charge on any atom is -0.350 e. The van der Waals surface area contributed by atoms with Gasteiger partial charge in [-0.05, 0) is 13.8 Å². The molecular weight excluding hydrogens is 115 g/mol. The van der Waals surface area contributed by atoms with E-state index in [0.29, 0.717) is 6.19 Å². The van der Waals surface area contributed by atoms with Crippen LogP contribution in [0.1, 0.15) is 13.8 Å². The zero-order chi connectivity index (χ0) is 7.28. The SMILES string of the molecule is CC(N)C(C)N[B]C=O. The van der Waals surface area contributed by atoms with Crippen molar-refractivity contribution in [2.45, 2.75) is 25.9 Å². The van der Waals surface area contributed by atoms with Gasteiger partial charge in [0.05, 0.1) is 6.19 Å². The molecule has 0 saturated heterocycles. The first-order valence-corrected chi connectivity index (χ1v) is 2.97. The van der Waals surface area contributed by atoms with Crippen molar-refractivity contribution in [2.75, 3.05) is 0 Å². The third kappa shape index (κ3) is 4.18. The molecule has 4 heteroatoms. The van der Waals surface area contributed by atoms with Gasteiger partial charge in [0.1, 0.15) is 0 Å². The van der Waals surface area contributed by atoms with Crippen molar-refractivity contribution in [3.05, 3.63) is 0 Å². The van der Waals surface area contributed by atoms with E-state index in [9.17, 15) is 4.79 Å². The molecule has 0 saturated carbocycles. The van der Waals surface area contributed by atoms with Crippen LogP contribution in [0.3, 0.4) is 0 Å². The maximum atomic E-state index is 9.77. The van der Waals surface area contributed by atoms with E-state index in [2.05, 4.69) is 5.23 Å². The zero-order valence-corrected chi connectivity index (χ0v) is 5.79. The lowest BCUT2D eigenvalue weighted by Gasteiger charge is -2.14. The van der Waals surface area contributed by atoms with Gasteiger partial charge in [-0.2, -0.15) is 0 Å². The smallest absolute Gasteiger partial charge is 0.290 e. The van der Waals surface area contributed by atoms with Crippen LogP contribution in [-0.2, 0) is 4.79 Å². The second kappa shape index (κ2) is 4.53. The minimum absolute atomic E-state index is 0.0706. The molecule has 0 aliphatic carbocycles. The molecule has 3 nitrogen and oxygen atoms in total. The molecule has 0 fully saturated rings. The van der Waals surface area contributed by atoms with Gasteiger partial charge in [0.25, 0.3) is 7.41 Å². The Bertz CT molecular complexity index is 87.0. The summed E-state index contributed by atoms with van der Waals surface area (Å²) in [7, 11) is 1.36. The zero-order valence-electron chi connectivity index (χ0n) is 5.79. The summed E-state index contributed by atoms with van der Waals surface area (Å²) in [5.41, 5.74) is 5.48. The number of carbonyl (C=O) groups is 1. The molecule has 2 unspecified atom stereocenters. The minimum atomic E-state index is 0.0706. The van der Waals surface area contributed by atoms with Crippen LogP contribution in [0.4, 0.5) is 0 Å². The Morgan fingerprint density at radius 3 is 2.56 bits per heavy atom. The van der Waals surface area contributed by atoms with Gasteiger partial charge in [0.15, 0.2) is 0 Å². The Labute approximate surface area is 56.3 Å². The lowest BCUT2D eigenvalue weighted by Crippen LogP contribution is -2.43. The standard InChI is InChI=1S/C5H12BN2O/c1-4(7)5(2)8-6-3-9/h3-5,8H,7H2,1-2H3. The average Bonchev–Trinajstić information content (AvgIpc) is 1.82. The normalized spacial score (nSPS) is 16.3. The van der Waals surface area contributed by atoms with Crippen LogP contribution in [0.2, 0.25) is 0 Å². The molecule has 0 aliphatic heterocycles. The first-order chi connectivity index (χ1) is 4.18. The lowest BCUT2D eigenvalue weighted by molar-refractivity contribution is 0.554. The van der Waals surface area contributed by atoms with E-state index in [1.165, 1.54) is 7.41 Å². The molecule has 9 heavy (non-hydrogen) atoms. The third-order valence-electron chi connectivity index (χ3n) is 1.22. The van der Waals surface area contributed by atoms with Crippen molar-refractivity contribution in [1.82, 2.24) is 5.23 Å². The molecule has 0 heterocycles. The molecule has 0 bridgehead atoms. The predicted molar refractivity (Wildman–Crippen MR) is 38.8 cm³/mol. The van der Waals surface area contributed by atoms with Gasteiger partial charge in [-0.3, -0.25) is 0 Å². The molecule has 1 radical (unpaired) electrons. The Kier molecular flexibility index (Phi) is 4.35. The van der Waals surface area contributed by atoms with Crippen molar-refractivity contribution < 1.29 is 4.79 Å². The van der Waals surface area contributed by atoms with Gasteiger partial charge < -0.3 is 15.8 Å². The number of hydrogen-bond donors (Lipinski definition) is 2. The molecule has 0 rings (SSSR count). The van der Waals surface area contributed by atoms with Crippen molar-refractivity contribution in [3.8, 4) is 0 Å². The lowest BCUT2D eigenvalue weighted by atomic mass is 9.95. The number of rotatable bonds is 4. The average molecular weight is 127 g/mol. The van der Waals surface area contributed by atoms with Gasteiger partial charge in [-0.25, -0.2) is 0 Å². The van der Waals surface area contributed by atoms with E-state index in [0.717, 1.165) is 0 Å². The molecular formula is C5H12BN2O. The highest BCUT2D eigenvalue weighted by Gasteiger charge is 2.04. The molecule has 2 atom stereocenters. The second-order valence-corrected chi connectivity index (χ2v) is 2.12. The van der Waals surface area contributed by atoms with E-state index in [4.69, 9.17) is 5.73 Å². The van der Waals surface area contributed by atoms with Crippen molar-refractivity contribution >= 4 is 13.6 Å². The topological polar surface area (TPSA) is 55.1 Å². The van der Waals surface area contributed by atoms with Crippen molar-refractivity contribution in [2.24, 2.45) is 5.73 Å². The quantitative estimate of drug-likeness (QED) is 0.381. The van der Waals surface area contributed by atoms with Crippen LogP contribution in [-0.4, -0.2) is 25.7 Å². The molecule has 0 aromatic heterocycles. The number of nitrogens with one attached hydrogen (secondary N) is 1. The summed E-state index contributed by atoms with van der Waals surface area (Å²) in [6.45, 7) is 3.81. The van der Waals surface area contributed by atoms with Crippen molar-refractivity contribution in [1.29, 1.82) is 0 Å². The van der Waals surface area contributed by atoms with E-state index < -0.39 is 0 Å². The number of nitrogens with two attached hydrogens (primary N) is 1. The molecule has 0 aromatic carbocycles. The summed E-state index contributed by atoms with van der Waals surface area (Å²) >= 11 is 0. The number of carbonyl (C=O) groups excluding carboxylic acids is 1. The molecule has 3 N–H and O–H groups in total. The summed E-state index contributed by atoms with van der Waals surface area (Å²) in [6, 6.07) is 0.233. The van der Waals surface area contributed by atoms with Gasteiger partial charge in [0, 0.05) is 12.1 Å². The highest BCUT2D eigenvalue weighted by atomic mass is 16.1. The van der Waals surface area contributed by atoms with Crippen LogP contribution in [0, 0.1) is 0 Å². The van der Waals surface area contributed by atoms with Crippen LogP contribution >= 0.6 is 0 Å². The molecule has 0 amide bonds. The van der Waals surface area contributed by atoms with Crippen LogP contribution in [0.25, 0.3) is 0 Å². The first kappa shape index (κ1) is 8.65. The first-order valence-electron chi connectivity index (χ1n) is 2.97. The van der Waals surface area contributed by atoms with Crippen LogP contribution in [0.5, 0.6) is 0 Å². The predicted octanol–water partition coefficient (Wildman–Crippen LogP) is -0.879. The number of hydrogen-bond acceptors (Lipinski definition) is 3. The summed E-state index contributed by atoms with van der Waals surface area (Å²) < 4.78 is 0. The Hall–Kier alpha value is -0.345. The summed E-state index contributed by atoms with van der Waals surface area (Å²) in [5.74, 6) is 0. The fraction of sp³-hybridized carbons (Fsp3) is 0.800. The third-order valence-corrected chi connectivity index (χ3v) is 1.22. The monoisotopic (exact) mass is 127 g/mol. The molecule has 0 spiro atoms. The highest BCUT2D eigenvalue weighted by Crippen LogP contribution is 1.83. The maximum Gasteiger partial charge on any atom is 0.290 e. The van der Waals surface area contributed by atoms with Crippen LogP contribution < -0.4 is 11.0 Å². The van der Waals surface area contributed by atoms with Crippen LogP contribution in [0.15, 0.2) is 0 Å². The van der Waals surface area contributed by atoms with Crippen molar-refractivity contribution in [3.63, 3.8) is 0 Å². The van der Waals surface area contributed by atoms with E-state index in [1.54, 1.807) is 0 Å². The van der Waals surface area contributed by atoms with Gasteiger partial charge in [0.2, 0.25) is 0 Å². The molecule has 0 aromatic rings.